The Hall–Kier alpha value is -1.88. The SMILES string of the molecule is O=C(c1c(F)cccc1Cl)N1CCC[C@H](n2ccnc2)C1. The highest BCUT2D eigenvalue weighted by atomic mass is 35.5. The number of imidazole rings is 1. The summed E-state index contributed by atoms with van der Waals surface area (Å²) in [6, 6.07) is 4.47. The second-order valence-corrected chi connectivity index (χ2v) is 5.56. The van der Waals surface area contributed by atoms with Crippen molar-refractivity contribution in [2.24, 2.45) is 0 Å². The van der Waals surface area contributed by atoms with E-state index in [2.05, 4.69) is 4.98 Å². The summed E-state index contributed by atoms with van der Waals surface area (Å²) >= 11 is 5.98. The first-order valence-electron chi connectivity index (χ1n) is 6.87. The Bertz CT molecular complexity index is 624. The van der Waals surface area contributed by atoms with Gasteiger partial charge in [-0.15, -0.1) is 0 Å². The van der Waals surface area contributed by atoms with Crippen molar-refractivity contribution in [3.63, 3.8) is 0 Å². The Morgan fingerprint density at radius 3 is 3.00 bits per heavy atom. The Balaban J connectivity index is 1.82. The number of hydrogen-bond acceptors (Lipinski definition) is 2. The quantitative estimate of drug-likeness (QED) is 0.855. The molecule has 4 nitrogen and oxygen atoms in total. The minimum atomic E-state index is -0.572. The number of carbonyl (C=O) groups is 1. The monoisotopic (exact) mass is 307 g/mol. The molecule has 0 N–H and O–H groups in total. The second-order valence-electron chi connectivity index (χ2n) is 5.15. The van der Waals surface area contributed by atoms with Gasteiger partial charge in [-0.05, 0) is 25.0 Å². The van der Waals surface area contributed by atoms with Gasteiger partial charge in [0.15, 0.2) is 0 Å². The zero-order chi connectivity index (χ0) is 14.8. The minimum Gasteiger partial charge on any atom is -0.336 e. The van der Waals surface area contributed by atoms with E-state index in [1.807, 2.05) is 10.8 Å². The number of piperidine rings is 1. The van der Waals surface area contributed by atoms with Crippen LogP contribution >= 0.6 is 11.6 Å². The molecular weight excluding hydrogens is 293 g/mol. The van der Waals surface area contributed by atoms with E-state index in [0.29, 0.717) is 13.1 Å². The van der Waals surface area contributed by atoms with Gasteiger partial charge in [-0.25, -0.2) is 9.37 Å². The fourth-order valence-corrected chi connectivity index (χ4v) is 2.97. The van der Waals surface area contributed by atoms with E-state index in [9.17, 15) is 9.18 Å². The zero-order valence-electron chi connectivity index (χ0n) is 11.4. The molecule has 2 aromatic rings. The third kappa shape index (κ3) is 2.78. The molecule has 0 saturated carbocycles. The van der Waals surface area contributed by atoms with Crippen molar-refractivity contribution in [1.29, 1.82) is 0 Å². The highest BCUT2D eigenvalue weighted by Gasteiger charge is 2.28. The number of carbonyl (C=O) groups excluding carboxylic acids is 1. The van der Waals surface area contributed by atoms with Crippen LogP contribution in [0.15, 0.2) is 36.9 Å². The van der Waals surface area contributed by atoms with E-state index in [-0.39, 0.29) is 22.5 Å². The lowest BCUT2D eigenvalue weighted by atomic mass is 10.0. The summed E-state index contributed by atoms with van der Waals surface area (Å²) in [5, 5.41) is 0.157. The van der Waals surface area contributed by atoms with Gasteiger partial charge < -0.3 is 9.47 Å². The Morgan fingerprint density at radius 2 is 2.29 bits per heavy atom. The maximum absolute atomic E-state index is 13.9. The maximum atomic E-state index is 13.9. The second kappa shape index (κ2) is 5.85. The first-order chi connectivity index (χ1) is 10.2. The van der Waals surface area contributed by atoms with Crippen LogP contribution in [-0.4, -0.2) is 33.4 Å². The average molecular weight is 308 g/mol. The summed E-state index contributed by atoms with van der Waals surface area (Å²) in [5.41, 5.74) is -0.0366. The molecule has 1 aliphatic rings. The lowest BCUT2D eigenvalue weighted by molar-refractivity contribution is 0.0675. The Morgan fingerprint density at radius 1 is 1.43 bits per heavy atom. The summed E-state index contributed by atoms with van der Waals surface area (Å²) in [4.78, 5) is 18.2. The first kappa shape index (κ1) is 14.1. The van der Waals surface area contributed by atoms with E-state index >= 15 is 0 Å². The number of nitrogens with zero attached hydrogens (tertiary/aromatic N) is 3. The van der Waals surface area contributed by atoms with Gasteiger partial charge in [0.05, 0.1) is 23.0 Å². The molecule has 1 saturated heterocycles. The normalized spacial score (nSPS) is 18.8. The average Bonchev–Trinajstić information content (AvgIpc) is 3.01. The summed E-state index contributed by atoms with van der Waals surface area (Å²) in [5.74, 6) is -0.917. The van der Waals surface area contributed by atoms with E-state index in [1.165, 1.54) is 18.2 Å². The van der Waals surface area contributed by atoms with Gasteiger partial charge >= 0.3 is 0 Å². The van der Waals surface area contributed by atoms with Crippen LogP contribution in [0, 0.1) is 5.82 Å². The minimum absolute atomic E-state index is 0.0366. The van der Waals surface area contributed by atoms with Gasteiger partial charge in [-0.2, -0.15) is 0 Å². The van der Waals surface area contributed by atoms with Crippen molar-refractivity contribution >= 4 is 17.5 Å². The number of aromatic nitrogens is 2. The van der Waals surface area contributed by atoms with Crippen LogP contribution in [-0.2, 0) is 0 Å². The van der Waals surface area contributed by atoms with E-state index in [4.69, 9.17) is 11.6 Å². The largest absolute Gasteiger partial charge is 0.336 e. The molecule has 2 heterocycles. The molecule has 1 aliphatic heterocycles. The Kier molecular flexibility index (Phi) is 3.92. The Labute approximate surface area is 127 Å². The van der Waals surface area contributed by atoms with Crippen molar-refractivity contribution < 1.29 is 9.18 Å². The summed E-state index contributed by atoms with van der Waals surface area (Å²) in [6.07, 6.45) is 7.20. The predicted octanol–water partition coefficient (Wildman–Crippen LogP) is 3.15. The molecule has 110 valence electrons. The molecule has 0 radical (unpaired) electrons. The summed E-state index contributed by atoms with van der Waals surface area (Å²) < 4.78 is 15.9. The number of rotatable bonds is 2. The lowest BCUT2D eigenvalue weighted by Gasteiger charge is -2.33. The van der Waals surface area contributed by atoms with Crippen molar-refractivity contribution in [3.8, 4) is 0 Å². The molecule has 0 aliphatic carbocycles. The molecule has 0 unspecified atom stereocenters. The van der Waals surface area contributed by atoms with Crippen LogP contribution in [0.1, 0.15) is 29.2 Å². The zero-order valence-corrected chi connectivity index (χ0v) is 12.1. The van der Waals surface area contributed by atoms with Gasteiger partial charge in [0.2, 0.25) is 0 Å². The third-order valence-corrected chi connectivity index (χ3v) is 4.12. The van der Waals surface area contributed by atoms with Gasteiger partial charge in [-0.3, -0.25) is 4.79 Å². The molecule has 3 rings (SSSR count). The van der Waals surface area contributed by atoms with Crippen LogP contribution in [0.4, 0.5) is 4.39 Å². The smallest absolute Gasteiger partial charge is 0.258 e. The standard InChI is InChI=1S/C15H15ClFN3O/c16-12-4-1-5-13(17)14(12)15(21)19-7-2-3-11(9-19)20-8-6-18-10-20/h1,4-6,8,10-11H,2-3,7,9H2/t11-/m0/s1. The molecule has 1 aromatic heterocycles. The number of amides is 1. The molecule has 0 bridgehead atoms. The number of likely N-dealkylation sites (tertiary alicyclic amines) is 1. The highest BCUT2D eigenvalue weighted by molar-refractivity contribution is 6.33. The summed E-state index contributed by atoms with van der Waals surface area (Å²) in [7, 11) is 0. The van der Waals surface area contributed by atoms with Crippen molar-refractivity contribution in [1.82, 2.24) is 14.5 Å². The fraction of sp³-hybridized carbons (Fsp3) is 0.333. The van der Waals surface area contributed by atoms with Crippen LogP contribution in [0.5, 0.6) is 0 Å². The van der Waals surface area contributed by atoms with Crippen LogP contribution < -0.4 is 0 Å². The molecule has 1 amide bonds. The number of halogens is 2. The molecule has 21 heavy (non-hydrogen) atoms. The van der Waals surface area contributed by atoms with Crippen molar-refractivity contribution in [2.75, 3.05) is 13.1 Å². The van der Waals surface area contributed by atoms with Crippen molar-refractivity contribution in [2.45, 2.75) is 18.9 Å². The van der Waals surface area contributed by atoms with Gasteiger partial charge in [0, 0.05) is 25.5 Å². The molecule has 1 fully saturated rings. The van der Waals surface area contributed by atoms with Gasteiger partial charge in [0.1, 0.15) is 5.82 Å². The third-order valence-electron chi connectivity index (χ3n) is 3.81. The number of benzene rings is 1. The summed E-state index contributed by atoms with van der Waals surface area (Å²) in [6.45, 7) is 1.16. The van der Waals surface area contributed by atoms with Crippen LogP contribution in [0.3, 0.4) is 0 Å². The maximum Gasteiger partial charge on any atom is 0.258 e. The van der Waals surface area contributed by atoms with Crippen LogP contribution in [0.25, 0.3) is 0 Å². The lowest BCUT2D eigenvalue weighted by Crippen LogP contribution is -2.41. The molecule has 0 spiro atoms. The van der Waals surface area contributed by atoms with Gasteiger partial charge in [0.25, 0.3) is 5.91 Å². The molecule has 1 aromatic carbocycles. The van der Waals surface area contributed by atoms with E-state index < -0.39 is 5.82 Å². The number of hydrogen-bond donors (Lipinski definition) is 0. The van der Waals surface area contributed by atoms with Crippen LogP contribution in [0.2, 0.25) is 5.02 Å². The predicted molar refractivity (Wildman–Crippen MR) is 77.8 cm³/mol. The highest BCUT2D eigenvalue weighted by Crippen LogP contribution is 2.26. The first-order valence-corrected chi connectivity index (χ1v) is 7.25. The van der Waals surface area contributed by atoms with E-state index in [0.717, 1.165) is 12.8 Å². The molecular formula is C15H15ClFN3O. The fourth-order valence-electron chi connectivity index (χ4n) is 2.73. The van der Waals surface area contributed by atoms with Gasteiger partial charge in [-0.1, -0.05) is 17.7 Å². The topological polar surface area (TPSA) is 38.1 Å². The van der Waals surface area contributed by atoms with Crippen molar-refractivity contribution in [3.05, 3.63) is 53.3 Å². The van der Waals surface area contributed by atoms with E-state index in [1.54, 1.807) is 17.4 Å². The molecule has 1 atom stereocenters. The molecule has 6 heteroatoms.